The van der Waals surface area contributed by atoms with Crippen molar-refractivity contribution in [1.82, 2.24) is 10.2 Å². The quantitative estimate of drug-likeness (QED) is 0.834. The molecule has 0 spiro atoms. The molecule has 110 valence electrons. The van der Waals surface area contributed by atoms with E-state index in [1.807, 2.05) is 12.1 Å². The molecule has 2 aliphatic rings. The predicted octanol–water partition coefficient (Wildman–Crippen LogP) is 2.14. The maximum atomic E-state index is 9.11. The Morgan fingerprint density at radius 3 is 2.25 bits per heavy atom. The molecule has 20 heavy (non-hydrogen) atoms. The summed E-state index contributed by atoms with van der Waals surface area (Å²) >= 11 is 0. The number of hydrogen-bond acceptors (Lipinski definition) is 3. The van der Waals surface area contributed by atoms with Crippen LogP contribution >= 0.6 is 0 Å². The van der Waals surface area contributed by atoms with E-state index in [-0.39, 0.29) is 6.61 Å². The monoisotopic (exact) mass is 274 g/mol. The molecule has 1 aliphatic carbocycles. The van der Waals surface area contributed by atoms with E-state index in [1.54, 1.807) is 0 Å². The molecule has 0 unspecified atom stereocenters. The number of piperidine rings is 1. The van der Waals surface area contributed by atoms with E-state index in [0.717, 1.165) is 24.1 Å². The SMILES string of the molecule is OCc1ccc(CN(CC2CCNCC2)C2CC2)cc1. The van der Waals surface area contributed by atoms with Crippen molar-refractivity contribution < 1.29 is 5.11 Å². The van der Waals surface area contributed by atoms with Crippen molar-refractivity contribution in [3.63, 3.8) is 0 Å². The second-order valence-corrected chi connectivity index (χ2v) is 6.33. The number of hydrogen-bond donors (Lipinski definition) is 2. The molecule has 0 bridgehead atoms. The third-order valence-corrected chi connectivity index (χ3v) is 4.61. The third-order valence-electron chi connectivity index (χ3n) is 4.61. The summed E-state index contributed by atoms with van der Waals surface area (Å²) in [6, 6.07) is 9.25. The number of benzene rings is 1. The highest BCUT2D eigenvalue weighted by molar-refractivity contribution is 5.22. The van der Waals surface area contributed by atoms with Gasteiger partial charge < -0.3 is 10.4 Å². The number of nitrogens with zero attached hydrogens (tertiary/aromatic N) is 1. The van der Waals surface area contributed by atoms with E-state index in [9.17, 15) is 0 Å². The van der Waals surface area contributed by atoms with E-state index in [1.165, 1.54) is 50.9 Å². The normalized spacial score (nSPS) is 20.5. The molecule has 1 aromatic carbocycles. The van der Waals surface area contributed by atoms with Crippen LogP contribution in [-0.2, 0) is 13.2 Å². The molecule has 0 radical (unpaired) electrons. The van der Waals surface area contributed by atoms with Gasteiger partial charge in [-0.15, -0.1) is 0 Å². The fourth-order valence-electron chi connectivity index (χ4n) is 3.16. The van der Waals surface area contributed by atoms with E-state index in [2.05, 4.69) is 22.3 Å². The molecule has 3 rings (SSSR count). The lowest BCUT2D eigenvalue weighted by Gasteiger charge is -2.30. The van der Waals surface area contributed by atoms with Crippen molar-refractivity contribution in [2.45, 2.75) is 44.9 Å². The predicted molar refractivity (Wildman–Crippen MR) is 81.4 cm³/mol. The number of rotatable bonds is 6. The second kappa shape index (κ2) is 6.70. The van der Waals surface area contributed by atoms with Gasteiger partial charge in [0.15, 0.2) is 0 Å². The largest absolute Gasteiger partial charge is 0.392 e. The van der Waals surface area contributed by atoms with Crippen LogP contribution in [0.25, 0.3) is 0 Å². The van der Waals surface area contributed by atoms with Gasteiger partial charge in [-0.05, 0) is 55.8 Å². The van der Waals surface area contributed by atoms with Crippen LogP contribution in [0.5, 0.6) is 0 Å². The minimum atomic E-state index is 0.141. The second-order valence-electron chi connectivity index (χ2n) is 6.33. The van der Waals surface area contributed by atoms with Crippen molar-refractivity contribution >= 4 is 0 Å². The molecule has 2 fully saturated rings. The van der Waals surface area contributed by atoms with Gasteiger partial charge in [-0.25, -0.2) is 0 Å². The molecule has 3 nitrogen and oxygen atoms in total. The first-order valence-corrected chi connectivity index (χ1v) is 7.98. The molecular weight excluding hydrogens is 248 g/mol. The molecule has 1 aromatic rings. The molecule has 0 amide bonds. The summed E-state index contributed by atoms with van der Waals surface area (Å²) in [5.74, 6) is 0.869. The average Bonchev–Trinajstić information content (AvgIpc) is 3.33. The van der Waals surface area contributed by atoms with Gasteiger partial charge in [-0.3, -0.25) is 4.90 Å². The fourth-order valence-corrected chi connectivity index (χ4v) is 3.16. The van der Waals surface area contributed by atoms with Crippen molar-refractivity contribution in [2.75, 3.05) is 19.6 Å². The Morgan fingerprint density at radius 2 is 1.65 bits per heavy atom. The van der Waals surface area contributed by atoms with E-state index in [4.69, 9.17) is 5.11 Å². The summed E-state index contributed by atoms with van der Waals surface area (Å²) in [5.41, 5.74) is 2.38. The van der Waals surface area contributed by atoms with Crippen molar-refractivity contribution in [1.29, 1.82) is 0 Å². The van der Waals surface area contributed by atoms with Crippen molar-refractivity contribution in [2.24, 2.45) is 5.92 Å². The lowest BCUT2D eigenvalue weighted by Crippen LogP contribution is -2.37. The van der Waals surface area contributed by atoms with Crippen LogP contribution < -0.4 is 5.32 Å². The Morgan fingerprint density at radius 1 is 1.00 bits per heavy atom. The Bertz CT molecular complexity index is 408. The van der Waals surface area contributed by atoms with Crippen molar-refractivity contribution in [3.8, 4) is 0 Å². The summed E-state index contributed by atoms with van der Waals surface area (Å²) in [5, 5.41) is 12.6. The molecule has 1 saturated carbocycles. The number of aliphatic hydroxyl groups excluding tert-OH is 1. The lowest BCUT2D eigenvalue weighted by molar-refractivity contribution is 0.190. The molecule has 0 atom stereocenters. The molecule has 1 aliphatic heterocycles. The third kappa shape index (κ3) is 3.81. The zero-order chi connectivity index (χ0) is 13.8. The van der Waals surface area contributed by atoms with Gasteiger partial charge in [-0.2, -0.15) is 0 Å². The zero-order valence-electron chi connectivity index (χ0n) is 12.2. The van der Waals surface area contributed by atoms with Crippen LogP contribution in [0.4, 0.5) is 0 Å². The summed E-state index contributed by atoms with van der Waals surface area (Å²) in [6.07, 6.45) is 5.40. The van der Waals surface area contributed by atoms with Crippen LogP contribution in [0.15, 0.2) is 24.3 Å². The maximum absolute atomic E-state index is 9.11. The van der Waals surface area contributed by atoms with Gasteiger partial charge in [0, 0.05) is 19.1 Å². The minimum absolute atomic E-state index is 0.141. The molecule has 1 heterocycles. The first-order valence-electron chi connectivity index (χ1n) is 7.98. The van der Waals surface area contributed by atoms with E-state index < -0.39 is 0 Å². The molecular formula is C17H26N2O. The average molecular weight is 274 g/mol. The van der Waals surface area contributed by atoms with Crippen LogP contribution in [0.1, 0.15) is 36.8 Å². The molecule has 3 heteroatoms. The highest BCUT2D eigenvalue weighted by atomic mass is 16.3. The Labute approximate surface area is 122 Å². The lowest BCUT2D eigenvalue weighted by atomic mass is 9.97. The maximum Gasteiger partial charge on any atom is 0.0681 e. The fraction of sp³-hybridized carbons (Fsp3) is 0.647. The number of aliphatic hydroxyl groups is 1. The van der Waals surface area contributed by atoms with Crippen LogP contribution in [0, 0.1) is 5.92 Å². The van der Waals surface area contributed by atoms with Gasteiger partial charge in [0.25, 0.3) is 0 Å². The standard InChI is InChI=1S/C17H26N2O/c20-13-16-3-1-14(2-4-16)11-19(17-5-6-17)12-15-7-9-18-10-8-15/h1-4,15,17-18,20H,5-13H2. The molecule has 0 aromatic heterocycles. The Hall–Kier alpha value is -0.900. The van der Waals surface area contributed by atoms with Gasteiger partial charge in [0.1, 0.15) is 0 Å². The first-order chi connectivity index (χ1) is 9.85. The van der Waals surface area contributed by atoms with Gasteiger partial charge in [0.2, 0.25) is 0 Å². The Kier molecular flexibility index (Phi) is 4.71. The smallest absolute Gasteiger partial charge is 0.0681 e. The number of nitrogens with one attached hydrogen (secondary N) is 1. The topological polar surface area (TPSA) is 35.5 Å². The van der Waals surface area contributed by atoms with Crippen LogP contribution in [0.3, 0.4) is 0 Å². The van der Waals surface area contributed by atoms with Gasteiger partial charge >= 0.3 is 0 Å². The van der Waals surface area contributed by atoms with Gasteiger partial charge in [0.05, 0.1) is 6.61 Å². The molecule has 1 saturated heterocycles. The van der Waals surface area contributed by atoms with E-state index in [0.29, 0.717) is 0 Å². The minimum Gasteiger partial charge on any atom is -0.392 e. The summed E-state index contributed by atoms with van der Waals surface area (Å²) in [6.45, 7) is 4.85. The van der Waals surface area contributed by atoms with Gasteiger partial charge in [-0.1, -0.05) is 24.3 Å². The zero-order valence-corrected chi connectivity index (χ0v) is 12.2. The summed E-state index contributed by atoms with van der Waals surface area (Å²) < 4.78 is 0. The molecule has 2 N–H and O–H groups in total. The highest BCUT2D eigenvalue weighted by Gasteiger charge is 2.30. The van der Waals surface area contributed by atoms with Crippen LogP contribution in [-0.4, -0.2) is 35.7 Å². The van der Waals surface area contributed by atoms with Crippen molar-refractivity contribution in [3.05, 3.63) is 35.4 Å². The summed E-state index contributed by atoms with van der Waals surface area (Å²) in [7, 11) is 0. The summed E-state index contributed by atoms with van der Waals surface area (Å²) in [4.78, 5) is 2.68. The highest BCUT2D eigenvalue weighted by Crippen LogP contribution is 2.30. The Balaban J connectivity index is 1.58. The first kappa shape index (κ1) is 14.1. The van der Waals surface area contributed by atoms with E-state index >= 15 is 0 Å². The van der Waals surface area contributed by atoms with Crippen LogP contribution in [0.2, 0.25) is 0 Å².